The first-order valence-corrected chi connectivity index (χ1v) is 11.7. The van der Waals surface area contributed by atoms with Gasteiger partial charge >= 0.3 is 0 Å². The average Bonchev–Trinajstić information content (AvgIpc) is 3.25. The van der Waals surface area contributed by atoms with Gasteiger partial charge in [0, 0.05) is 38.3 Å². The highest BCUT2D eigenvalue weighted by Crippen LogP contribution is 2.59. The van der Waals surface area contributed by atoms with Crippen LogP contribution in [0.15, 0.2) is 6.07 Å². The molecule has 0 unspecified atom stereocenters. The van der Waals surface area contributed by atoms with Crippen LogP contribution in [0.3, 0.4) is 0 Å². The van der Waals surface area contributed by atoms with Crippen molar-refractivity contribution in [2.75, 3.05) is 19.6 Å². The molecule has 4 bridgehead atoms. The number of carbonyl (C=O) groups excluding carboxylic acids is 1. The van der Waals surface area contributed by atoms with Crippen molar-refractivity contribution >= 4 is 5.91 Å². The summed E-state index contributed by atoms with van der Waals surface area (Å²) in [5.41, 5.74) is 8.10. The van der Waals surface area contributed by atoms with E-state index in [-0.39, 0.29) is 18.0 Å². The maximum absolute atomic E-state index is 13.2. The molecule has 3 N–H and O–H groups in total. The van der Waals surface area contributed by atoms with Crippen molar-refractivity contribution in [1.82, 2.24) is 20.0 Å². The maximum atomic E-state index is 13.2. The number of hydrogen-bond acceptors (Lipinski definition) is 4. The summed E-state index contributed by atoms with van der Waals surface area (Å²) in [5.74, 6) is 2.79. The Kier molecular flexibility index (Phi) is 4.98. The molecule has 2 heterocycles. The molecule has 1 aromatic rings. The van der Waals surface area contributed by atoms with Crippen LogP contribution in [0.4, 0.5) is 0 Å². The normalized spacial score (nSPS) is 36.3. The van der Waals surface area contributed by atoms with E-state index in [0.717, 1.165) is 56.0 Å². The second-order valence-electron chi connectivity index (χ2n) is 10.9. The van der Waals surface area contributed by atoms with Crippen LogP contribution in [0, 0.1) is 23.2 Å². The number of amides is 1. The zero-order valence-electron chi connectivity index (χ0n) is 18.1. The number of hydrogen-bond donors (Lipinski definition) is 2. The summed E-state index contributed by atoms with van der Waals surface area (Å²) in [6, 6.07) is 2.44. The molecule has 4 aliphatic carbocycles. The average molecular weight is 400 g/mol. The lowest BCUT2D eigenvalue weighted by molar-refractivity contribution is -0.0503. The van der Waals surface area contributed by atoms with Crippen molar-refractivity contribution in [3.05, 3.63) is 17.5 Å². The van der Waals surface area contributed by atoms with Gasteiger partial charge in [-0.2, -0.15) is 5.10 Å². The molecule has 160 valence electrons. The summed E-state index contributed by atoms with van der Waals surface area (Å²) in [4.78, 5) is 15.5. The van der Waals surface area contributed by atoms with Crippen LogP contribution in [0.1, 0.15) is 81.0 Å². The zero-order valence-corrected chi connectivity index (χ0v) is 18.1. The fraction of sp³-hybridized carbons (Fsp3) is 0.826. The van der Waals surface area contributed by atoms with E-state index in [9.17, 15) is 4.79 Å². The van der Waals surface area contributed by atoms with Crippen LogP contribution in [0.5, 0.6) is 0 Å². The second-order valence-corrected chi connectivity index (χ2v) is 10.9. The van der Waals surface area contributed by atoms with Crippen molar-refractivity contribution in [3.8, 4) is 0 Å². The van der Waals surface area contributed by atoms with E-state index < -0.39 is 0 Å². The number of nitrogens with one attached hydrogen (secondary N) is 1. The van der Waals surface area contributed by atoms with Crippen LogP contribution in [-0.4, -0.2) is 46.3 Å². The summed E-state index contributed by atoms with van der Waals surface area (Å²) in [6.45, 7) is 7.75. The van der Waals surface area contributed by atoms with Gasteiger partial charge in [0.05, 0.1) is 5.69 Å². The van der Waals surface area contributed by atoms with Gasteiger partial charge in [-0.15, -0.1) is 0 Å². The molecule has 4 saturated carbocycles. The molecule has 0 aromatic carbocycles. The smallest absolute Gasteiger partial charge is 0.269 e. The number of likely N-dealkylation sites (tertiary alicyclic amines) is 1. The van der Waals surface area contributed by atoms with Crippen LogP contribution < -0.4 is 11.1 Å². The Morgan fingerprint density at radius 1 is 1.24 bits per heavy atom. The quantitative estimate of drug-likeness (QED) is 0.771. The first kappa shape index (κ1) is 19.6. The fourth-order valence-corrected chi connectivity index (χ4v) is 7.19. The van der Waals surface area contributed by atoms with E-state index in [2.05, 4.69) is 24.1 Å². The summed E-state index contributed by atoms with van der Waals surface area (Å²) in [6.07, 6.45) is 9.34. The minimum atomic E-state index is 0.0475. The molecule has 1 atom stereocenters. The predicted octanol–water partition coefficient (Wildman–Crippen LogP) is 2.94. The third-order valence-corrected chi connectivity index (χ3v) is 7.99. The monoisotopic (exact) mass is 399 g/mol. The Labute approximate surface area is 174 Å². The van der Waals surface area contributed by atoms with Crippen LogP contribution in [0.2, 0.25) is 0 Å². The van der Waals surface area contributed by atoms with Crippen molar-refractivity contribution in [2.45, 2.75) is 77.4 Å². The van der Waals surface area contributed by atoms with Crippen molar-refractivity contribution in [2.24, 2.45) is 28.9 Å². The minimum absolute atomic E-state index is 0.0475. The van der Waals surface area contributed by atoms with Crippen molar-refractivity contribution in [1.29, 1.82) is 0 Å². The lowest BCUT2D eigenvalue weighted by atomic mass is 9.49. The first-order valence-electron chi connectivity index (χ1n) is 11.7. The summed E-state index contributed by atoms with van der Waals surface area (Å²) in [5, 5.41) is 8.10. The van der Waals surface area contributed by atoms with Gasteiger partial charge in [-0.05, 0) is 88.0 Å². The summed E-state index contributed by atoms with van der Waals surface area (Å²) >= 11 is 0. The molecule has 5 aliphatic rings. The number of nitrogens with two attached hydrogens (primary N) is 1. The predicted molar refractivity (Wildman–Crippen MR) is 113 cm³/mol. The third-order valence-electron chi connectivity index (χ3n) is 7.99. The van der Waals surface area contributed by atoms with E-state index in [0.29, 0.717) is 11.1 Å². The van der Waals surface area contributed by atoms with Gasteiger partial charge in [0.1, 0.15) is 5.69 Å². The van der Waals surface area contributed by atoms with Crippen LogP contribution in [0.25, 0.3) is 0 Å². The standard InChI is InChI=1S/C23H37N5O/c1-15(2)28-21(8-20(26-28)13-27-4-3-19(24)12-27)22(29)25-14-23-9-16-5-17(10-23)7-18(6-16)11-23/h8,15-19H,3-7,9-14,24H2,1-2H3,(H,25,29)/t16?,17?,18?,19-,23?/m1/s1. The molecule has 29 heavy (non-hydrogen) atoms. The number of rotatable bonds is 6. The molecule has 5 fully saturated rings. The van der Waals surface area contributed by atoms with Gasteiger partial charge in [0.2, 0.25) is 0 Å². The minimum Gasteiger partial charge on any atom is -0.350 e. The highest BCUT2D eigenvalue weighted by atomic mass is 16.2. The number of nitrogens with zero attached hydrogens (tertiary/aromatic N) is 3. The molecular formula is C23H37N5O. The van der Waals surface area contributed by atoms with Crippen molar-refractivity contribution < 1.29 is 4.79 Å². The number of carbonyl (C=O) groups is 1. The number of aromatic nitrogens is 2. The molecular weight excluding hydrogens is 362 g/mol. The van der Waals surface area contributed by atoms with Gasteiger partial charge in [-0.1, -0.05) is 0 Å². The molecule has 1 amide bonds. The molecule has 1 aromatic heterocycles. The topological polar surface area (TPSA) is 76.2 Å². The third kappa shape index (κ3) is 3.86. The van der Waals surface area contributed by atoms with Crippen molar-refractivity contribution in [3.63, 3.8) is 0 Å². The molecule has 1 saturated heterocycles. The molecule has 0 radical (unpaired) electrons. The van der Waals surface area contributed by atoms with E-state index in [1.807, 2.05) is 10.7 Å². The molecule has 1 aliphatic heterocycles. The van der Waals surface area contributed by atoms with Gasteiger partial charge in [0.25, 0.3) is 5.91 Å². The zero-order chi connectivity index (χ0) is 20.2. The lowest BCUT2D eigenvalue weighted by Gasteiger charge is -2.56. The van der Waals surface area contributed by atoms with E-state index in [1.165, 1.54) is 38.5 Å². The van der Waals surface area contributed by atoms with Gasteiger partial charge in [0.15, 0.2) is 0 Å². The Bertz CT molecular complexity index is 734. The largest absolute Gasteiger partial charge is 0.350 e. The molecule has 6 heteroatoms. The van der Waals surface area contributed by atoms with E-state index in [4.69, 9.17) is 10.8 Å². The van der Waals surface area contributed by atoms with E-state index >= 15 is 0 Å². The fourth-order valence-electron chi connectivity index (χ4n) is 7.19. The lowest BCUT2D eigenvalue weighted by Crippen LogP contribution is -2.51. The van der Waals surface area contributed by atoms with Gasteiger partial charge < -0.3 is 11.1 Å². The Morgan fingerprint density at radius 2 is 1.90 bits per heavy atom. The molecule has 6 nitrogen and oxygen atoms in total. The summed E-state index contributed by atoms with van der Waals surface area (Å²) < 4.78 is 1.90. The Balaban J connectivity index is 1.26. The SMILES string of the molecule is CC(C)n1nc(CN2CC[C@@H](N)C2)cc1C(=O)NCC12CC3CC(CC(C3)C1)C2. The molecule has 6 rings (SSSR count). The Hall–Kier alpha value is -1.40. The van der Waals surface area contributed by atoms with Crippen LogP contribution >= 0.6 is 0 Å². The van der Waals surface area contributed by atoms with E-state index in [1.54, 1.807) is 0 Å². The van der Waals surface area contributed by atoms with Gasteiger partial charge in [-0.25, -0.2) is 0 Å². The maximum Gasteiger partial charge on any atom is 0.269 e. The first-order chi connectivity index (χ1) is 13.9. The summed E-state index contributed by atoms with van der Waals surface area (Å²) in [7, 11) is 0. The van der Waals surface area contributed by atoms with Gasteiger partial charge in [-0.3, -0.25) is 14.4 Å². The van der Waals surface area contributed by atoms with Crippen LogP contribution in [-0.2, 0) is 6.54 Å². The molecule has 0 spiro atoms. The highest BCUT2D eigenvalue weighted by molar-refractivity contribution is 5.92. The second kappa shape index (κ2) is 7.38. The highest BCUT2D eigenvalue weighted by Gasteiger charge is 2.50. The Morgan fingerprint density at radius 3 is 2.45 bits per heavy atom.